The van der Waals surface area contributed by atoms with E-state index in [1.165, 1.54) is 0 Å². The van der Waals surface area contributed by atoms with E-state index in [0.29, 0.717) is 0 Å². The molecule has 0 aliphatic rings. The molecule has 10 heteroatoms. The summed E-state index contributed by atoms with van der Waals surface area (Å²) < 4.78 is 101. The molecular weight excluding hydrogens is 276 g/mol. The number of hydrogen-bond acceptors (Lipinski definition) is 2. The van der Waals surface area contributed by atoms with Gasteiger partial charge in [-0.1, -0.05) is 0 Å². The van der Waals surface area contributed by atoms with E-state index in [2.05, 4.69) is 5.73 Å². The Morgan fingerprint density at radius 3 is 1.44 bits per heavy atom. The van der Waals surface area contributed by atoms with Crippen molar-refractivity contribution in [1.82, 2.24) is 0 Å². The zero-order chi connectivity index (χ0) is 14.5. The molecule has 0 bridgehead atoms. The predicted molar refractivity (Wildman–Crippen MR) is 45.1 cm³/mol. The van der Waals surface area contributed by atoms with Gasteiger partial charge in [-0.15, -0.1) is 0 Å². The molecule has 1 aromatic carbocycles. The first-order chi connectivity index (χ1) is 7.93. The van der Waals surface area contributed by atoms with Crippen LogP contribution in [-0.2, 0) is 5.92 Å². The molecule has 2 nitrogen and oxygen atoms in total. The Morgan fingerprint density at radius 1 is 0.667 bits per heavy atom. The van der Waals surface area contributed by atoms with Crippen LogP contribution in [0.2, 0.25) is 0 Å². The van der Waals surface area contributed by atoms with Gasteiger partial charge < -0.3 is 11.5 Å². The van der Waals surface area contributed by atoms with E-state index in [0.717, 1.165) is 0 Å². The minimum Gasteiger partial charge on any atom is -0.395 e. The van der Waals surface area contributed by atoms with Gasteiger partial charge in [-0.3, -0.25) is 0 Å². The maximum atomic E-state index is 13.1. The summed E-state index contributed by atoms with van der Waals surface area (Å²) in [5, 5.41) is 0. The van der Waals surface area contributed by atoms with Crippen LogP contribution in [0.15, 0.2) is 0 Å². The van der Waals surface area contributed by atoms with Crippen molar-refractivity contribution >= 4 is 11.4 Å². The van der Waals surface area contributed by atoms with Crippen LogP contribution in [-0.4, -0.2) is 6.18 Å². The molecule has 0 spiro atoms. The maximum Gasteiger partial charge on any atom is 0.458 e. The monoisotopic (exact) mass is 280 g/mol. The van der Waals surface area contributed by atoms with Gasteiger partial charge in [0.25, 0.3) is 0 Å². The molecule has 0 atom stereocenters. The number of benzene rings is 1. The molecule has 1 rings (SSSR count). The van der Waals surface area contributed by atoms with Crippen LogP contribution in [0, 0.1) is 17.5 Å². The molecule has 0 unspecified atom stereocenters. The smallest absolute Gasteiger partial charge is 0.395 e. The molecular formula is C8H4F8N2. The van der Waals surface area contributed by atoms with Crippen molar-refractivity contribution in [2.24, 2.45) is 0 Å². The van der Waals surface area contributed by atoms with Crippen LogP contribution < -0.4 is 11.5 Å². The molecule has 0 saturated heterocycles. The predicted octanol–water partition coefficient (Wildman–Crippen LogP) is 2.92. The fraction of sp³-hybridized carbons (Fsp3) is 0.250. The fourth-order valence-corrected chi connectivity index (χ4v) is 1.11. The first-order valence-corrected chi connectivity index (χ1v) is 4.09. The van der Waals surface area contributed by atoms with E-state index in [1.54, 1.807) is 0 Å². The highest BCUT2D eigenvalue weighted by Crippen LogP contribution is 2.47. The third kappa shape index (κ3) is 1.81. The second-order valence-electron chi connectivity index (χ2n) is 3.22. The van der Waals surface area contributed by atoms with Crippen LogP contribution in [0.1, 0.15) is 5.56 Å². The number of alkyl halides is 5. The highest BCUT2D eigenvalue weighted by Gasteiger charge is 2.62. The summed E-state index contributed by atoms with van der Waals surface area (Å²) in [6.07, 6.45) is -6.32. The minimum absolute atomic E-state index is 1.38. The van der Waals surface area contributed by atoms with Gasteiger partial charge in [0, 0.05) is 0 Å². The zero-order valence-corrected chi connectivity index (χ0v) is 8.18. The number of nitrogens with two attached hydrogens (primary N) is 2. The number of nitrogen functional groups attached to an aromatic ring is 2. The van der Waals surface area contributed by atoms with E-state index in [4.69, 9.17) is 5.73 Å². The van der Waals surface area contributed by atoms with E-state index in [9.17, 15) is 35.1 Å². The van der Waals surface area contributed by atoms with Gasteiger partial charge in [0.2, 0.25) is 0 Å². The van der Waals surface area contributed by atoms with E-state index >= 15 is 0 Å². The first-order valence-electron chi connectivity index (χ1n) is 4.09. The SMILES string of the molecule is Nc1c(N)c(F)c(C(F)(F)C(F)(F)F)c(F)c1F. The first kappa shape index (κ1) is 14.3. The summed E-state index contributed by atoms with van der Waals surface area (Å²) in [5.74, 6) is -13.4. The maximum absolute atomic E-state index is 13.1. The third-order valence-electron chi connectivity index (χ3n) is 2.06. The lowest BCUT2D eigenvalue weighted by Crippen LogP contribution is -2.36. The molecule has 0 saturated carbocycles. The second kappa shape index (κ2) is 3.89. The van der Waals surface area contributed by atoms with Crippen LogP contribution >= 0.6 is 0 Å². The third-order valence-corrected chi connectivity index (χ3v) is 2.06. The normalized spacial score (nSPS) is 12.9. The van der Waals surface area contributed by atoms with Crippen LogP contribution in [0.3, 0.4) is 0 Å². The molecule has 1 aromatic rings. The van der Waals surface area contributed by atoms with Crippen molar-refractivity contribution in [1.29, 1.82) is 0 Å². The molecule has 0 fully saturated rings. The van der Waals surface area contributed by atoms with Gasteiger partial charge in [0.15, 0.2) is 17.5 Å². The zero-order valence-electron chi connectivity index (χ0n) is 8.18. The van der Waals surface area contributed by atoms with Gasteiger partial charge >= 0.3 is 12.1 Å². The van der Waals surface area contributed by atoms with Crippen LogP contribution in [0.5, 0.6) is 0 Å². The topological polar surface area (TPSA) is 52.0 Å². The number of hydrogen-bond donors (Lipinski definition) is 2. The molecule has 0 amide bonds. The van der Waals surface area contributed by atoms with Crippen molar-refractivity contribution < 1.29 is 35.1 Å². The van der Waals surface area contributed by atoms with Gasteiger partial charge in [0.05, 0.1) is 11.4 Å². The summed E-state index contributed by atoms with van der Waals surface area (Å²) in [7, 11) is 0. The molecule has 0 aliphatic heterocycles. The molecule has 18 heavy (non-hydrogen) atoms. The van der Waals surface area contributed by atoms with Crippen molar-refractivity contribution in [2.75, 3.05) is 11.5 Å². The largest absolute Gasteiger partial charge is 0.458 e. The van der Waals surface area contributed by atoms with Crippen molar-refractivity contribution in [3.05, 3.63) is 23.0 Å². The number of halogens is 8. The Hall–Kier alpha value is -1.74. The van der Waals surface area contributed by atoms with E-state index in [1.807, 2.05) is 0 Å². The number of rotatable bonds is 1. The summed E-state index contributed by atoms with van der Waals surface area (Å²) in [6, 6.07) is 0. The fourth-order valence-electron chi connectivity index (χ4n) is 1.11. The van der Waals surface area contributed by atoms with Crippen LogP contribution in [0.4, 0.5) is 46.5 Å². The highest BCUT2D eigenvalue weighted by atomic mass is 19.4. The summed E-state index contributed by atoms with van der Waals surface area (Å²) in [4.78, 5) is 0. The molecule has 0 aliphatic carbocycles. The second-order valence-corrected chi connectivity index (χ2v) is 3.22. The lowest BCUT2D eigenvalue weighted by molar-refractivity contribution is -0.291. The Kier molecular flexibility index (Phi) is 3.09. The Bertz CT molecular complexity index is 464. The van der Waals surface area contributed by atoms with Crippen molar-refractivity contribution in [3.63, 3.8) is 0 Å². The summed E-state index contributed by atoms with van der Waals surface area (Å²) in [5.41, 5.74) is 3.66. The standard InChI is InChI=1S/C8H4F8N2/c9-2-1(7(12,13)8(14,15)16)3(10)5(17)6(18)4(2)11/h17-18H2. The van der Waals surface area contributed by atoms with Crippen molar-refractivity contribution in [2.45, 2.75) is 12.1 Å². The summed E-state index contributed by atoms with van der Waals surface area (Å²) >= 11 is 0. The average Bonchev–Trinajstić information content (AvgIpc) is 2.22. The van der Waals surface area contributed by atoms with Crippen LogP contribution in [0.25, 0.3) is 0 Å². The van der Waals surface area contributed by atoms with E-state index in [-0.39, 0.29) is 0 Å². The molecule has 4 N–H and O–H groups in total. The number of anilines is 2. The molecule has 0 aromatic heterocycles. The lowest BCUT2D eigenvalue weighted by Gasteiger charge is -2.22. The minimum atomic E-state index is -6.32. The Morgan fingerprint density at radius 2 is 1.06 bits per heavy atom. The lowest BCUT2D eigenvalue weighted by atomic mass is 10.0. The van der Waals surface area contributed by atoms with Gasteiger partial charge in [-0.25, -0.2) is 13.2 Å². The highest BCUT2D eigenvalue weighted by molar-refractivity contribution is 5.66. The quantitative estimate of drug-likeness (QED) is 0.472. The molecule has 0 radical (unpaired) electrons. The van der Waals surface area contributed by atoms with Gasteiger partial charge in [-0.05, 0) is 0 Å². The van der Waals surface area contributed by atoms with Gasteiger partial charge in [-0.2, -0.15) is 22.0 Å². The van der Waals surface area contributed by atoms with Crippen molar-refractivity contribution in [3.8, 4) is 0 Å². The molecule has 102 valence electrons. The summed E-state index contributed by atoms with van der Waals surface area (Å²) in [6.45, 7) is 0. The van der Waals surface area contributed by atoms with Gasteiger partial charge in [0.1, 0.15) is 5.56 Å². The molecule has 0 heterocycles. The van der Waals surface area contributed by atoms with E-state index < -0.39 is 46.5 Å². The average molecular weight is 280 g/mol. The Labute approximate surface area is 94.2 Å². The Balaban J connectivity index is 3.72.